The van der Waals surface area contributed by atoms with Crippen LogP contribution < -0.4 is 10.3 Å². The zero-order chi connectivity index (χ0) is 14.8. The molecule has 1 aliphatic rings. The maximum Gasteiger partial charge on any atom is 0.265 e. The van der Waals surface area contributed by atoms with Crippen LogP contribution in [-0.4, -0.2) is 28.5 Å². The number of oxime groups is 1. The van der Waals surface area contributed by atoms with Gasteiger partial charge in [0.2, 0.25) is 0 Å². The highest BCUT2D eigenvalue weighted by molar-refractivity contribution is 5.85. The molecule has 0 aliphatic carbocycles. The van der Waals surface area contributed by atoms with Gasteiger partial charge in [-0.05, 0) is 18.6 Å². The minimum absolute atomic E-state index is 0.105. The zero-order valence-electron chi connectivity index (χ0n) is 12.1. The molecule has 0 N–H and O–H groups in total. The first-order valence-corrected chi connectivity index (χ1v) is 6.96. The van der Waals surface area contributed by atoms with Gasteiger partial charge in [-0.3, -0.25) is 9.36 Å². The molecule has 1 unspecified atom stereocenters. The summed E-state index contributed by atoms with van der Waals surface area (Å²) in [6, 6.07) is 5.38. The van der Waals surface area contributed by atoms with E-state index >= 15 is 0 Å². The van der Waals surface area contributed by atoms with Crippen molar-refractivity contribution in [1.29, 1.82) is 0 Å². The van der Waals surface area contributed by atoms with Crippen LogP contribution in [0, 0.1) is 0 Å². The molecule has 0 amide bonds. The molecular formula is C15H17N3O3. The maximum absolute atomic E-state index is 12.6. The monoisotopic (exact) mass is 287 g/mol. The van der Waals surface area contributed by atoms with E-state index in [1.807, 2.05) is 13.0 Å². The number of ether oxygens (including phenoxy) is 1. The van der Waals surface area contributed by atoms with Gasteiger partial charge < -0.3 is 9.57 Å². The summed E-state index contributed by atoms with van der Waals surface area (Å²) in [6.45, 7) is 2.48. The van der Waals surface area contributed by atoms with Crippen molar-refractivity contribution in [2.24, 2.45) is 5.16 Å². The van der Waals surface area contributed by atoms with Crippen LogP contribution in [-0.2, 0) is 11.4 Å². The molecule has 110 valence electrons. The average molecular weight is 287 g/mol. The van der Waals surface area contributed by atoms with Crippen molar-refractivity contribution in [2.45, 2.75) is 32.4 Å². The Hall–Kier alpha value is -2.37. The lowest BCUT2D eigenvalue weighted by Gasteiger charge is -2.12. The summed E-state index contributed by atoms with van der Waals surface area (Å²) in [5.41, 5.74) is 1.54. The summed E-state index contributed by atoms with van der Waals surface area (Å²) >= 11 is 0. The highest BCUT2D eigenvalue weighted by Gasteiger charge is 2.21. The number of fused-ring (bicyclic) bond motifs is 1. The molecule has 2 aromatic rings. The first-order chi connectivity index (χ1) is 10.2. The number of hydrogen-bond acceptors (Lipinski definition) is 5. The van der Waals surface area contributed by atoms with E-state index in [9.17, 15) is 4.79 Å². The van der Waals surface area contributed by atoms with Gasteiger partial charge in [0.1, 0.15) is 11.1 Å². The summed E-state index contributed by atoms with van der Waals surface area (Å²) in [5.74, 6) is 0.539. The number of hydrogen-bond donors (Lipinski definition) is 0. The molecule has 2 heterocycles. The third-order valence-electron chi connectivity index (χ3n) is 3.64. The molecule has 21 heavy (non-hydrogen) atoms. The Bertz CT molecular complexity index is 751. The Morgan fingerprint density at radius 1 is 1.48 bits per heavy atom. The predicted octanol–water partition coefficient (Wildman–Crippen LogP) is 1.96. The molecule has 6 nitrogen and oxygen atoms in total. The summed E-state index contributed by atoms with van der Waals surface area (Å²) in [7, 11) is 1.55. The van der Waals surface area contributed by atoms with Crippen molar-refractivity contribution in [1.82, 2.24) is 9.55 Å². The van der Waals surface area contributed by atoms with Gasteiger partial charge in [-0.25, -0.2) is 4.98 Å². The summed E-state index contributed by atoms with van der Waals surface area (Å²) < 4.78 is 6.82. The van der Waals surface area contributed by atoms with Crippen molar-refractivity contribution in [3.05, 3.63) is 34.9 Å². The maximum atomic E-state index is 12.6. The van der Waals surface area contributed by atoms with Crippen molar-refractivity contribution >= 4 is 16.6 Å². The summed E-state index contributed by atoms with van der Waals surface area (Å²) in [4.78, 5) is 22.3. The van der Waals surface area contributed by atoms with Crippen LogP contribution >= 0.6 is 0 Å². The molecule has 0 saturated heterocycles. The van der Waals surface area contributed by atoms with Gasteiger partial charge in [0.05, 0.1) is 31.2 Å². The van der Waals surface area contributed by atoms with Gasteiger partial charge in [-0.15, -0.1) is 0 Å². The van der Waals surface area contributed by atoms with E-state index in [1.54, 1.807) is 30.1 Å². The Kier molecular flexibility index (Phi) is 3.60. The van der Waals surface area contributed by atoms with Crippen molar-refractivity contribution in [3.8, 4) is 5.75 Å². The quantitative estimate of drug-likeness (QED) is 0.862. The van der Waals surface area contributed by atoms with Gasteiger partial charge in [-0.1, -0.05) is 18.1 Å². The number of methoxy groups -OCH3 is 1. The first kappa shape index (κ1) is 13.6. The molecule has 0 radical (unpaired) electrons. The first-order valence-electron chi connectivity index (χ1n) is 6.96. The fourth-order valence-electron chi connectivity index (χ4n) is 2.48. The van der Waals surface area contributed by atoms with E-state index in [4.69, 9.17) is 9.57 Å². The fraction of sp³-hybridized carbons (Fsp3) is 0.400. The van der Waals surface area contributed by atoms with E-state index in [0.29, 0.717) is 23.2 Å². The van der Waals surface area contributed by atoms with E-state index in [2.05, 4.69) is 10.1 Å². The molecule has 1 aromatic heterocycles. The van der Waals surface area contributed by atoms with E-state index in [-0.39, 0.29) is 11.7 Å². The smallest absolute Gasteiger partial charge is 0.265 e. The molecule has 1 aliphatic heterocycles. The lowest BCUT2D eigenvalue weighted by molar-refractivity contribution is 0.0716. The topological polar surface area (TPSA) is 65.7 Å². The second kappa shape index (κ2) is 5.55. The third-order valence-corrected chi connectivity index (χ3v) is 3.64. The van der Waals surface area contributed by atoms with Gasteiger partial charge in [0.15, 0.2) is 6.10 Å². The van der Waals surface area contributed by atoms with E-state index < -0.39 is 0 Å². The van der Waals surface area contributed by atoms with Gasteiger partial charge >= 0.3 is 0 Å². The lowest BCUT2D eigenvalue weighted by atomic mass is 10.1. The molecule has 0 saturated carbocycles. The molecule has 0 spiro atoms. The molecule has 0 bridgehead atoms. The summed E-state index contributed by atoms with van der Waals surface area (Å²) in [6.07, 6.45) is 3.08. The van der Waals surface area contributed by atoms with Crippen LogP contribution in [0.4, 0.5) is 0 Å². The van der Waals surface area contributed by atoms with Crippen LogP contribution in [0.5, 0.6) is 5.75 Å². The Balaban J connectivity index is 1.94. The number of benzene rings is 1. The van der Waals surface area contributed by atoms with E-state index in [1.165, 1.54) is 0 Å². The van der Waals surface area contributed by atoms with Gasteiger partial charge in [0, 0.05) is 6.42 Å². The Morgan fingerprint density at radius 2 is 2.33 bits per heavy atom. The lowest BCUT2D eigenvalue weighted by Crippen LogP contribution is -2.27. The minimum Gasteiger partial charge on any atom is -0.496 e. The van der Waals surface area contributed by atoms with Crippen molar-refractivity contribution < 1.29 is 9.57 Å². The second-order valence-electron chi connectivity index (χ2n) is 5.00. The average Bonchev–Trinajstić information content (AvgIpc) is 2.97. The van der Waals surface area contributed by atoms with Crippen LogP contribution in [0.25, 0.3) is 10.9 Å². The largest absolute Gasteiger partial charge is 0.496 e. The molecule has 1 atom stereocenters. The summed E-state index contributed by atoms with van der Waals surface area (Å²) in [5, 5.41) is 4.51. The molecule has 1 aromatic carbocycles. The van der Waals surface area contributed by atoms with Gasteiger partial charge in [0.25, 0.3) is 5.56 Å². The SMILES string of the molecule is CCC1=NOC(Cn2cnc3cccc(OC)c3c2=O)C1. The van der Waals surface area contributed by atoms with Crippen LogP contribution in [0.1, 0.15) is 19.8 Å². The second-order valence-corrected chi connectivity index (χ2v) is 5.00. The standard InChI is InChI=1S/C15H17N3O3/c1-3-10-7-11(21-17-10)8-18-9-16-12-5-4-6-13(20-2)14(12)15(18)19/h4-6,9,11H,3,7-8H2,1-2H3. The van der Waals surface area contributed by atoms with Crippen molar-refractivity contribution in [3.63, 3.8) is 0 Å². The fourth-order valence-corrected chi connectivity index (χ4v) is 2.48. The molecule has 0 fully saturated rings. The van der Waals surface area contributed by atoms with Crippen LogP contribution in [0.15, 0.2) is 34.5 Å². The normalized spacial score (nSPS) is 17.6. The highest BCUT2D eigenvalue weighted by Crippen LogP contribution is 2.20. The van der Waals surface area contributed by atoms with E-state index in [0.717, 1.165) is 18.6 Å². The van der Waals surface area contributed by atoms with Crippen LogP contribution in [0.3, 0.4) is 0 Å². The molecule has 3 rings (SSSR count). The number of nitrogens with zero attached hydrogens (tertiary/aromatic N) is 3. The molecule has 6 heteroatoms. The highest BCUT2D eigenvalue weighted by atomic mass is 16.6. The van der Waals surface area contributed by atoms with Crippen molar-refractivity contribution in [2.75, 3.05) is 7.11 Å². The Labute approximate surface area is 122 Å². The number of aromatic nitrogens is 2. The molecular weight excluding hydrogens is 270 g/mol. The number of rotatable bonds is 4. The Morgan fingerprint density at radius 3 is 3.05 bits per heavy atom. The third kappa shape index (κ3) is 2.49. The van der Waals surface area contributed by atoms with Gasteiger partial charge in [-0.2, -0.15) is 0 Å². The zero-order valence-corrected chi connectivity index (χ0v) is 12.1. The van der Waals surface area contributed by atoms with Crippen LogP contribution in [0.2, 0.25) is 0 Å². The minimum atomic E-state index is -0.119. The predicted molar refractivity (Wildman–Crippen MR) is 79.8 cm³/mol.